The molecule has 0 aliphatic rings. The molecular formula is C16H14F4N2S. The Morgan fingerprint density at radius 3 is 2.35 bits per heavy atom. The van der Waals surface area contributed by atoms with Crippen LogP contribution in [-0.2, 0) is 6.18 Å². The number of nitrogens with one attached hydrogen (secondary N) is 2. The second-order valence-electron chi connectivity index (χ2n) is 4.95. The minimum Gasteiger partial charge on any atom is -0.356 e. The molecule has 1 unspecified atom stereocenters. The van der Waals surface area contributed by atoms with Gasteiger partial charge in [-0.2, -0.15) is 13.2 Å². The van der Waals surface area contributed by atoms with Crippen LogP contribution in [0.4, 0.5) is 23.2 Å². The van der Waals surface area contributed by atoms with Gasteiger partial charge in [-0.25, -0.2) is 4.39 Å². The van der Waals surface area contributed by atoms with E-state index in [2.05, 4.69) is 10.6 Å². The van der Waals surface area contributed by atoms with Crippen molar-refractivity contribution in [2.45, 2.75) is 19.1 Å². The minimum absolute atomic E-state index is 0.182. The van der Waals surface area contributed by atoms with Gasteiger partial charge in [0.15, 0.2) is 5.11 Å². The van der Waals surface area contributed by atoms with Crippen LogP contribution in [0.15, 0.2) is 48.5 Å². The van der Waals surface area contributed by atoms with Crippen LogP contribution in [-0.4, -0.2) is 5.11 Å². The summed E-state index contributed by atoms with van der Waals surface area (Å²) in [5, 5.41) is 5.83. The van der Waals surface area contributed by atoms with Gasteiger partial charge < -0.3 is 10.6 Å². The summed E-state index contributed by atoms with van der Waals surface area (Å²) < 4.78 is 50.9. The highest BCUT2D eigenvalue weighted by molar-refractivity contribution is 7.80. The van der Waals surface area contributed by atoms with E-state index in [0.717, 1.165) is 17.7 Å². The smallest absolute Gasteiger partial charge is 0.356 e. The Morgan fingerprint density at radius 1 is 1.09 bits per heavy atom. The predicted octanol–water partition coefficient (Wildman–Crippen LogP) is 4.89. The van der Waals surface area contributed by atoms with Crippen molar-refractivity contribution in [3.8, 4) is 0 Å². The third-order valence-electron chi connectivity index (χ3n) is 3.17. The Morgan fingerprint density at radius 2 is 1.74 bits per heavy atom. The maximum atomic E-state index is 12.9. The Hall–Kier alpha value is -2.15. The lowest BCUT2D eigenvalue weighted by Gasteiger charge is -2.18. The Labute approximate surface area is 136 Å². The molecule has 0 fully saturated rings. The Bertz CT molecular complexity index is 683. The molecule has 0 radical (unpaired) electrons. The Kier molecular flexibility index (Phi) is 5.20. The SMILES string of the molecule is CC(NC(=S)Nc1cccc(C(F)(F)F)c1)c1ccc(F)cc1. The molecule has 0 bridgehead atoms. The second-order valence-corrected chi connectivity index (χ2v) is 5.36. The van der Waals surface area contributed by atoms with Gasteiger partial charge in [-0.3, -0.25) is 0 Å². The van der Waals surface area contributed by atoms with Crippen LogP contribution in [0, 0.1) is 5.82 Å². The van der Waals surface area contributed by atoms with E-state index in [1.165, 1.54) is 24.3 Å². The third-order valence-corrected chi connectivity index (χ3v) is 3.39. The van der Waals surface area contributed by atoms with Crippen LogP contribution >= 0.6 is 12.2 Å². The molecule has 2 nitrogen and oxygen atoms in total. The van der Waals surface area contributed by atoms with Crippen molar-refractivity contribution in [2.24, 2.45) is 0 Å². The molecule has 2 N–H and O–H groups in total. The first kappa shape index (κ1) is 17.2. The number of rotatable bonds is 3. The summed E-state index contributed by atoms with van der Waals surface area (Å²) in [5.74, 6) is -0.342. The summed E-state index contributed by atoms with van der Waals surface area (Å²) in [7, 11) is 0. The third kappa shape index (κ3) is 4.92. The normalized spacial score (nSPS) is 12.6. The van der Waals surface area contributed by atoms with E-state index in [1.54, 1.807) is 12.1 Å². The highest BCUT2D eigenvalue weighted by Gasteiger charge is 2.30. The number of benzene rings is 2. The molecule has 2 aromatic rings. The van der Waals surface area contributed by atoms with Crippen LogP contribution in [0.2, 0.25) is 0 Å². The van der Waals surface area contributed by atoms with Crippen LogP contribution in [0.3, 0.4) is 0 Å². The van der Waals surface area contributed by atoms with E-state index in [9.17, 15) is 17.6 Å². The molecule has 0 spiro atoms. The number of thiocarbonyl (C=S) groups is 1. The van der Waals surface area contributed by atoms with Crippen molar-refractivity contribution < 1.29 is 17.6 Å². The highest BCUT2D eigenvalue weighted by Crippen LogP contribution is 2.30. The average Bonchev–Trinajstić information content (AvgIpc) is 2.47. The first-order chi connectivity index (χ1) is 10.8. The zero-order valence-corrected chi connectivity index (χ0v) is 12.9. The summed E-state index contributed by atoms with van der Waals surface area (Å²) >= 11 is 5.10. The number of anilines is 1. The van der Waals surface area contributed by atoms with Gasteiger partial charge in [0.2, 0.25) is 0 Å². The van der Waals surface area contributed by atoms with E-state index in [4.69, 9.17) is 12.2 Å². The van der Waals surface area contributed by atoms with Gasteiger partial charge >= 0.3 is 6.18 Å². The minimum atomic E-state index is -4.41. The summed E-state index contributed by atoms with van der Waals surface area (Å²) in [6.07, 6.45) is -4.41. The van der Waals surface area contributed by atoms with Crippen molar-refractivity contribution in [3.05, 3.63) is 65.5 Å². The summed E-state index contributed by atoms with van der Waals surface area (Å²) in [5.41, 5.74) is 0.292. The average molecular weight is 342 g/mol. The largest absolute Gasteiger partial charge is 0.416 e. The lowest BCUT2D eigenvalue weighted by molar-refractivity contribution is -0.137. The Balaban J connectivity index is 2.01. The van der Waals surface area contributed by atoms with Crippen LogP contribution in [0.1, 0.15) is 24.1 Å². The molecule has 122 valence electrons. The van der Waals surface area contributed by atoms with Gasteiger partial charge in [-0.15, -0.1) is 0 Å². The first-order valence-corrected chi connectivity index (χ1v) is 7.17. The molecule has 0 saturated heterocycles. The molecule has 23 heavy (non-hydrogen) atoms. The fraction of sp³-hybridized carbons (Fsp3) is 0.188. The monoisotopic (exact) mass is 342 g/mol. The summed E-state index contributed by atoms with van der Waals surface area (Å²) in [6, 6.07) is 10.4. The molecule has 1 atom stereocenters. The molecule has 0 amide bonds. The molecule has 7 heteroatoms. The van der Waals surface area contributed by atoms with Gasteiger partial charge in [-0.05, 0) is 55.0 Å². The summed E-state index contributed by atoms with van der Waals surface area (Å²) in [6.45, 7) is 1.81. The van der Waals surface area contributed by atoms with Gasteiger partial charge in [0.05, 0.1) is 11.6 Å². The van der Waals surface area contributed by atoms with Gasteiger partial charge in [0, 0.05) is 5.69 Å². The van der Waals surface area contributed by atoms with Crippen molar-refractivity contribution in [3.63, 3.8) is 0 Å². The lowest BCUT2D eigenvalue weighted by Crippen LogP contribution is -2.31. The van der Waals surface area contributed by atoms with E-state index in [-0.39, 0.29) is 22.7 Å². The molecule has 0 aliphatic heterocycles. The highest BCUT2D eigenvalue weighted by atomic mass is 32.1. The molecular weight excluding hydrogens is 328 g/mol. The van der Waals surface area contributed by atoms with Gasteiger partial charge in [0.25, 0.3) is 0 Å². The number of alkyl halides is 3. The molecule has 0 aliphatic carbocycles. The molecule has 0 heterocycles. The fourth-order valence-electron chi connectivity index (χ4n) is 1.97. The standard InChI is InChI=1S/C16H14F4N2S/c1-10(11-5-7-13(17)8-6-11)21-15(23)22-14-4-2-3-12(9-14)16(18,19)20/h2-10H,1H3,(H2,21,22,23). The van der Waals surface area contributed by atoms with Gasteiger partial charge in [0.1, 0.15) is 5.82 Å². The maximum absolute atomic E-state index is 12.9. The van der Waals surface area contributed by atoms with Gasteiger partial charge in [-0.1, -0.05) is 18.2 Å². The first-order valence-electron chi connectivity index (χ1n) is 6.76. The fourth-order valence-corrected chi connectivity index (χ4v) is 2.27. The van der Waals surface area contributed by atoms with Crippen molar-refractivity contribution >= 4 is 23.0 Å². The molecule has 2 aromatic carbocycles. The van der Waals surface area contributed by atoms with E-state index in [1.807, 2.05) is 6.92 Å². The van der Waals surface area contributed by atoms with Crippen LogP contribution < -0.4 is 10.6 Å². The van der Waals surface area contributed by atoms with Crippen molar-refractivity contribution in [2.75, 3.05) is 5.32 Å². The molecule has 0 aromatic heterocycles. The van der Waals surface area contributed by atoms with E-state index >= 15 is 0 Å². The number of hydrogen-bond acceptors (Lipinski definition) is 1. The van der Waals surface area contributed by atoms with E-state index < -0.39 is 11.7 Å². The van der Waals surface area contributed by atoms with Crippen molar-refractivity contribution in [1.82, 2.24) is 5.32 Å². The number of halogens is 4. The van der Waals surface area contributed by atoms with E-state index in [0.29, 0.717) is 0 Å². The summed E-state index contributed by atoms with van der Waals surface area (Å²) in [4.78, 5) is 0. The maximum Gasteiger partial charge on any atom is 0.416 e. The van der Waals surface area contributed by atoms with Crippen LogP contribution in [0.25, 0.3) is 0 Å². The topological polar surface area (TPSA) is 24.1 Å². The lowest BCUT2D eigenvalue weighted by atomic mass is 10.1. The zero-order valence-electron chi connectivity index (χ0n) is 12.1. The second kappa shape index (κ2) is 6.95. The number of hydrogen-bond donors (Lipinski definition) is 2. The van der Waals surface area contributed by atoms with Crippen molar-refractivity contribution in [1.29, 1.82) is 0 Å². The predicted molar refractivity (Wildman–Crippen MR) is 85.6 cm³/mol. The molecule has 0 saturated carbocycles. The quantitative estimate of drug-likeness (QED) is 0.613. The molecule has 2 rings (SSSR count). The van der Waals surface area contributed by atoms with Crippen LogP contribution in [0.5, 0.6) is 0 Å². The zero-order chi connectivity index (χ0) is 17.0.